The van der Waals surface area contributed by atoms with Crippen LogP contribution in [-0.4, -0.2) is 34.6 Å². The third kappa shape index (κ3) is 4.60. The molecule has 0 bridgehead atoms. The maximum atomic E-state index is 12.5. The van der Waals surface area contributed by atoms with Crippen LogP contribution in [0.5, 0.6) is 0 Å². The van der Waals surface area contributed by atoms with Gasteiger partial charge in [0.05, 0.1) is 5.60 Å². The van der Waals surface area contributed by atoms with Gasteiger partial charge in [0.2, 0.25) is 5.91 Å². The zero-order valence-corrected chi connectivity index (χ0v) is 12.6. The van der Waals surface area contributed by atoms with Crippen LogP contribution in [0.25, 0.3) is 0 Å². The van der Waals surface area contributed by atoms with E-state index in [0.29, 0.717) is 24.9 Å². The lowest BCUT2D eigenvalue weighted by atomic mass is 9.76. The summed E-state index contributed by atoms with van der Waals surface area (Å²) in [6.45, 7) is 11.1. The predicted octanol–water partition coefficient (Wildman–Crippen LogP) is 2.68. The quantitative estimate of drug-likeness (QED) is 0.839. The summed E-state index contributed by atoms with van der Waals surface area (Å²) >= 11 is 0. The zero-order valence-electron chi connectivity index (χ0n) is 12.6. The minimum atomic E-state index is -0.808. The fourth-order valence-corrected chi connectivity index (χ4v) is 3.22. The van der Waals surface area contributed by atoms with Gasteiger partial charge in [-0.1, -0.05) is 13.8 Å². The molecule has 1 amide bonds. The summed E-state index contributed by atoms with van der Waals surface area (Å²) in [7, 11) is 0. The maximum Gasteiger partial charge on any atom is 0.225 e. The lowest BCUT2D eigenvalue weighted by Gasteiger charge is -2.36. The summed E-state index contributed by atoms with van der Waals surface area (Å²) in [5.74, 6) is 1.68. The number of rotatable bonds is 4. The Morgan fingerprint density at radius 2 is 1.72 bits per heavy atom. The molecule has 1 aliphatic carbocycles. The molecule has 1 saturated carbocycles. The van der Waals surface area contributed by atoms with Crippen molar-refractivity contribution in [3.05, 3.63) is 0 Å². The summed E-state index contributed by atoms with van der Waals surface area (Å²) in [6.07, 6.45) is 3.25. The van der Waals surface area contributed by atoms with Crippen LogP contribution in [0.2, 0.25) is 0 Å². The minimum Gasteiger partial charge on any atom is -0.389 e. The average Bonchev–Trinajstić information content (AvgIpc) is 2.22. The molecular weight excluding hydrogens is 226 g/mol. The fourth-order valence-electron chi connectivity index (χ4n) is 3.22. The Balaban J connectivity index is 2.65. The SMILES string of the molecule is CCN(CC(C)(C)O)C(=O)C1CC(C)CC(C)C1. The molecule has 0 radical (unpaired) electrons. The van der Waals surface area contributed by atoms with Gasteiger partial charge in [-0.15, -0.1) is 0 Å². The van der Waals surface area contributed by atoms with Gasteiger partial charge in [0.15, 0.2) is 0 Å². The third-order valence-corrected chi connectivity index (χ3v) is 3.80. The Morgan fingerprint density at radius 3 is 2.11 bits per heavy atom. The molecule has 106 valence electrons. The molecule has 0 saturated heterocycles. The highest BCUT2D eigenvalue weighted by Gasteiger charge is 2.32. The fraction of sp³-hybridized carbons (Fsp3) is 0.933. The highest BCUT2D eigenvalue weighted by atomic mass is 16.3. The highest BCUT2D eigenvalue weighted by Crippen LogP contribution is 2.34. The maximum absolute atomic E-state index is 12.5. The Bertz CT molecular complexity index is 269. The monoisotopic (exact) mass is 255 g/mol. The van der Waals surface area contributed by atoms with Gasteiger partial charge in [0, 0.05) is 19.0 Å². The molecule has 0 aromatic rings. The van der Waals surface area contributed by atoms with Gasteiger partial charge < -0.3 is 10.0 Å². The van der Waals surface area contributed by atoms with E-state index in [2.05, 4.69) is 13.8 Å². The van der Waals surface area contributed by atoms with Crippen molar-refractivity contribution in [2.24, 2.45) is 17.8 Å². The molecule has 1 aliphatic rings. The molecule has 0 aromatic heterocycles. The molecule has 2 unspecified atom stereocenters. The Hall–Kier alpha value is -0.570. The van der Waals surface area contributed by atoms with Crippen molar-refractivity contribution in [1.82, 2.24) is 4.90 Å². The van der Waals surface area contributed by atoms with E-state index >= 15 is 0 Å². The first-order chi connectivity index (χ1) is 8.23. The van der Waals surface area contributed by atoms with Crippen molar-refractivity contribution >= 4 is 5.91 Å². The standard InChI is InChI=1S/C15H29NO2/c1-6-16(10-15(4,5)18)14(17)13-8-11(2)7-12(3)9-13/h11-13,18H,6-10H2,1-5H3. The van der Waals surface area contributed by atoms with E-state index in [4.69, 9.17) is 0 Å². The Kier molecular flexibility index (Phi) is 5.20. The van der Waals surface area contributed by atoms with Crippen LogP contribution in [0.3, 0.4) is 0 Å². The third-order valence-electron chi connectivity index (χ3n) is 3.80. The molecule has 0 heterocycles. The zero-order chi connectivity index (χ0) is 13.9. The van der Waals surface area contributed by atoms with Gasteiger partial charge in [-0.25, -0.2) is 0 Å². The van der Waals surface area contributed by atoms with Crippen LogP contribution in [0, 0.1) is 17.8 Å². The van der Waals surface area contributed by atoms with E-state index in [1.54, 1.807) is 13.8 Å². The van der Waals surface area contributed by atoms with Gasteiger partial charge in [0.25, 0.3) is 0 Å². The van der Waals surface area contributed by atoms with Crippen molar-refractivity contribution in [3.63, 3.8) is 0 Å². The minimum absolute atomic E-state index is 0.158. The number of carbonyl (C=O) groups is 1. The normalized spacial score (nSPS) is 29.1. The first-order valence-electron chi connectivity index (χ1n) is 7.24. The van der Waals surface area contributed by atoms with E-state index < -0.39 is 5.60 Å². The number of nitrogens with zero attached hydrogens (tertiary/aromatic N) is 1. The lowest BCUT2D eigenvalue weighted by molar-refractivity contribution is -0.140. The number of likely N-dealkylation sites (N-methyl/N-ethyl adjacent to an activating group) is 1. The van der Waals surface area contributed by atoms with Gasteiger partial charge in [-0.3, -0.25) is 4.79 Å². The Morgan fingerprint density at radius 1 is 1.22 bits per heavy atom. The van der Waals surface area contributed by atoms with Crippen LogP contribution in [0.4, 0.5) is 0 Å². The Labute approximate surface area is 112 Å². The summed E-state index contributed by atoms with van der Waals surface area (Å²) < 4.78 is 0. The topological polar surface area (TPSA) is 40.5 Å². The summed E-state index contributed by atoms with van der Waals surface area (Å²) in [5.41, 5.74) is -0.808. The molecule has 18 heavy (non-hydrogen) atoms. The molecule has 2 atom stereocenters. The molecule has 0 spiro atoms. The second kappa shape index (κ2) is 6.05. The first-order valence-corrected chi connectivity index (χ1v) is 7.24. The van der Waals surface area contributed by atoms with Crippen molar-refractivity contribution in [3.8, 4) is 0 Å². The van der Waals surface area contributed by atoms with Crippen molar-refractivity contribution in [1.29, 1.82) is 0 Å². The van der Waals surface area contributed by atoms with Crippen LogP contribution in [-0.2, 0) is 4.79 Å². The van der Waals surface area contributed by atoms with Gasteiger partial charge in [0.1, 0.15) is 0 Å². The van der Waals surface area contributed by atoms with E-state index in [1.165, 1.54) is 6.42 Å². The first kappa shape index (κ1) is 15.5. The van der Waals surface area contributed by atoms with Crippen LogP contribution in [0.1, 0.15) is 53.9 Å². The molecule has 1 rings (SSSR count). The number of carbonyl (C=O) groups excluding carboxylic acids is 1. The van der Waals surface area contributed by atoms with E-state index in [1.807, 2.05) is 11.8 Å². The molecule has 1 N–H and O–H groups in total. The van der Waals surface area contributed by atoms with Crippen molar-refractivity contribution in [2.45, 2.75) is 59.5 Å². The predicted molar refractivity (Wildman–Crippen MR) is 74.2 cm³/mol. The molecule has 3 nitrogen and oxygen atoms in total. The van der Waals surface area contributed by atoms with Crippen LogP contribution < -0.4 is 0 Å². The molecule has 0 aliphatic heterocycles. The average molecular weight is 255 g/mol. The second-order valence-electron chi connectivity index (χ2n) is 6.78. The van der Waals surface area contributed by atoms with Gasteiger partial charge in [-0.2, -0.15) is 0 Å². The van der Waals surface area contributed by atoms with E-state index in [9.17, 15) is 9.90 Å². The number of hydrogen-bond acceptors (Lipinski definition) is 2. The summed E-state index contributed by atoms with van der Waals surface area (Å²) in [4.78, 5) is 14.3. The largest absolute Gasteiger partial charge is 0.389 e. The van der Waals surface area contributed by atoms with E-state index in [-0.39, 0.29) is 11.8 Å². The van der Waals surface area contributed by atoms with Gasteiger partial charge >= 0.3 is 0 Å². The molecular formula is C15H29NO2. The smallest absolute Gasteiger partial charge is 0.225 e. The molecule has 0 aromatic carbocycles. The van der Waals surface area contributed by atoms with E-state index in [0.717, 1.165) is 12.8 Å². The lowest BCUT2D eigenvalue weighted by Crippen LogP contribution is -2.45. The highest BCUT2D eigenvalue weighted by molar-refractivity contribution is 5.79. The van der Waals surface area contributed by atoms with Crippen LogP contribution >= 0.6 is 0 Å². The molecule has 1 fully saturated rings. The summed E-state index contributed by atoms with van der Waals surface area (Å²) in [6, 6.07) is 0. The summed E-state index contributed by atoms with van der Waals surface area (Å²) in [5, 5.41) is 9.88. The van der Waals surface area contributed by atoms with Crippen molar-refractivity contribution < 1.29 is 9.90 Å². The number of amides is 1. The van der Waals surface area contributed by atoms with Gasteiger partial charge in [-0.05, 0) is 51.9 Å². The van der Waals surface area contributed by atoms with Crippen LogP contribution in [0.15, 0.2) is 0 Å². The second-order valence-corrected chi connectivity index (χ2v) is 6.78. The number of hydrogen-bond donors (Lipinski definition) is 1. The number of aliphatic hydroxyl groups is 1. The molecule has 3 heteroatoms. The van der Waals surface area contributed by atoms with Crippen molar-refractivity contribution in [2.75, 3.05) is 13.1 Å².